The molecule has 0 nitrogen and oxygen atoms in total. The first kappa shape index (κ1) is 27.7. The molecule has 0 aromatic rings. The van der Waals surface area contributed by atoms with Crippen LogP contribution < -0.4 is 0 Å². The van der Waals surface area contributed by atoms with Crippen molar-refractivity contribution in [3.8, 4) is 0 Å². The van der Waals surface area contributed by atoms with E-state index in [0.717, 1.165) is 12.8 Å². The van der Waals surface area contributed by atoms with E-state index < -0.39 is 0 Å². The summed E-state index contributed by atoms with van der Waals surface area (Å²) in [5.74, 6) is 0. The topological polar surface area (TPSA) is 0 Å². The summed E-state index contributed by atoms with van der Waals surface area (Å²) in [5.41, 5.74) is 0. The maximum atomic E-state index is 3.91. The molecule has 0 saturated heterocycles. The standard InChI is InChI=1S/C28H54/c1-3-5-7-9-11-13-15-17-19-21-23-25-27-28-26-24-22-20-18-16-14-12-10-8-6-4-2/h5,7H,1-4,6,8-28H2. The molecule has 0 aliphatic heterocycles. The maximum absolute atomic E-state index is 3.91. The Balaban J connectivity index is 2.99. The van der Waals surface area contributed by atoms with Crippen LogP contribution in [0.15, 0.2) is 12.2 Å². The lowest BCUT2D eigenvalue weighted by molar-refractivity contribution is 0.520. The molecular weight excluding hydrogens is 336 g/mol. The number of rotatable bonds is 24. The van der Waals surface area contributed by atoms with E-state index in [0.29, 0.717) is 0 Å². The van der Waals surface area contributed by atoms with E-state index in [1.54, 1.807) is 0 Å². The van der Waals surface area contributed by atoms with Crippen LogP contribution in [0.4, 0.5) is 0 Å². The van der Waals surface area contributed by atoms with Crippen LogP contribution >= 0.6 is 0 Å². The van der Waals surface area contributed by atoms with Gasteiger partial charge in [-0.05, 0) is 26.2 Å². The fraction of sp³-hybridized carbons (Fsp3) is 0.857. The van der Waals surface area contributed by atoms with E-state index >= 15 is 0 Å². The lowest BCUT2D eigenvalue weighted by Gasteiger charge is -2.04. The molecule has 0 N–H and O–H groups in total. The molecule has 28 heavy (non-hydrogen) atoms. The first-order valence-corrected chi connectivity index (χ1v) is 13.1. The van der Waals surface area contributed by atoms with Gasteiger partial charge in [-0.1, -0.05) is 154 Å². The van der Waals surface area contributed by atoms with E-state index in [2.05, 4.69) is 26.0 Å². The molecule has 0 heterocycles. The summed E-state index contributed by atoms with van der Waals surface area (Å²) in [6.45, 7) is 7.74. The highest BCUT2D eigenvalue weighted by Gasteiger charge is 1.95. The Bertz CT molecular complexity index is 278. The third-order valence-corrected chi connectivity index (χ3v) is 5.95. The van der Waals surface area contributed by atoms with E-state index in [4.69, 9.17) is 0 Å². The second-order valence-electron chi connectivity index (χ2n) is 8.83. The summed E-state index contributed by atoms with van der Waals surface area (Å²) in [7, 11) is 0. The largest absolute Gasteiger partial charge is 0.0885 e. The smallest absolute Gasteiger partial charge is 0.0351 e. The molecule has 0 unspecified atom stereocenters. The predicted molar refractivity (Wildman–Crippen MR) is 131 cm³/mol. The van der Waals surface area contributed by atoms with Crippen LogP contribution in [0, 0.1) is 13.8 Å². The van der Waals surface area contributed by atoms with Crippen molar-refractivity contribution in [1.82, 2.24) is 0 Å². The normalized spacial score (nSPS) is 11.6. The van der Waals surface area contributed by atoms with Gasteiger partial charge in [-0.25, -0.2) is 0 Å². The fourth-order valence-electron chi connectivity index (χ4n) is 4.03. The average Bonchev–Trinajstić information content (AvgIpc) is 2.71. The Kier molecular flexibility index (Phi) is 26.5. The van der Waals surface area contributed by atoms with Crippen molar-refractivity contribution in [2.75, 3.05) is 0 Å². The lowest BCUT2D eigenvalue weighted by atomic mass is 10.0. The number of hydrogen-bond acceptors (Lipinski definition) is 0. The van der Waals surface area contributed by atoms with E-state index in [1.165, 1.54) is 141 Å². The molecule has 0 amide bonds. The van der Waals surface area contributed by atoms with Crippen LogP contribution in [0.25, 0.3) is 0 Å². The van der Waals surface area contributed by atoms with Gasteiger partial charge in [0.2, 0.25) is 0 Å². The zero-order valence-electron chi connectivity index (χ0n) is 19.5. The minimum atomic E-state index is 0.942. The fourth-order valence-corrected chi connectivity index (χ4v) is 4.03. The summed E-state index contributed by atoms with van der Waals surface area (Å²) >= 11 is 0. The van der Waals surface area contributed by atoms with Crippen molar-refractivity contribution in [2.45, 2.75) is 154 Å². The predicted octanol–water partition coefficient (Wildman–Crippen LogP) is 10.6. The van der Waals surface area contributed by atoms with Crippen LogP contribution in [-0.2, 0) is 0 Å². The van der Waals surface area contributed by atoms with Crippen LogP contribution in [0.2, 0.25) is 0 Å². The number of hydrogen-bond donors (Lipinski definition) is 0. The highest BCUT2D eigenvalue weighted by atomic mass is 14.0. The molecule has 0 saturated carbocycles. The van der Waals surface area contributed by atoms with Crippen LogP contribution in [0.5, 0.6) is 0 Å². The quantitative estimate of drug-likeness (QED) is 0.113. The second-order valence-corrected chi connectivity index (χ2v) is 8.83. The van der Waals surface area contributed by atoms with Gasteiger partial charge < -0.3 is 0 Å². The van der Waals surface area contributed by atoms with E-state index in [9.17, 15) is 0 Å². The van der Waals surface area contributed by atoms with E-state index in [1.807, 2.05) is 0 Å². The third kappa shape index (κ3) is 25.7. The minimum absolute atomic E-state index is 0.942. The summed E-state index contributed by atoms with van der Waals surface area (Å²) in [4.78, 5) is 0. The molecule has 0 spiro atoms. The Labute approximate surface area is 180 Å². The summed E-state index contributed by atoms with van der Waals surface area (Å²) < 4.78 is 0. The van der Waals surface area contributed by atoms with Crippen molar-refractivity contribution < 1.29 is 0 Å². The van der Waals surface area contributed by atoms with Crippen LogP contribution in [-0.4, -0.2) is 0 Å². The van der Waals surface area contributed by atoms with Crippen molar-refractivity contribution in [1.29, 1.82) is 0 Å². The maximum Gasteiger partial charge on any atom is -0.0351 e. The highest BCUT2D eigenvalue weighted by molar-refractivity contribution is 4.81. The molecule has 0 aliphatic rings. The first-order valence-electron chi connectivity index (χ1n) is 13.1. The first-order chi connectivity index (χ1) is 13.9. The lowest BCUT2D eigenvalue weighted by Crippen LogP contribution is -1.84. The molecule has 0 aromatic heterocycles. The zero-order valence-corrected chi connectivity index (χ0v) is 19.5. The number of unbranched alkanes of at least 4 members (excludes halogenated alkanes) is 22. The van der Waals surface area contributed by atoms with Crippen molar-refractivity contribution in [3.63, 3.8) is 0 Å². The highest BCUT2D eigenvalue weighted by Crippen LogP contribution is 2.15. The SMILES string of the molecule is [CH2]CC=CCCCCCCCCCCCCCCCCCCCCCCC[CH2]. The Morgan fingerprint density at radius 1 is 0.321 bits per heavy atom. The second kappa shape index (κ2) is 26.7. The van der Waals surface area contributed by atoms with Gasteiger partial charge in [0.15, 0.2) is 0 Å². The average molecular weight is 391 g/mol. The molecule has 0 rings (SSSR count). The van der Waals surface area contributed by atoms with Gasteiger partial charge in [-0.15, -0.1) is 0 Å². The van der Waals surface area contributed by atoms with Crippen molar-refractivity contribution in [2.24, 2.45) is 0 Å². The monoisotopic (exact) mass is 390 g/mol. The molecular formula is C28H54. The summed E-state index contributed by atoms with van der Waals surface area (Å²) in [5, 5.41) is 0. The van der Waals surface area contributed by atoms with Crippen LogP contribution in [0.1, 0.15) is 154 Å². The van der Waals surface area contributed by atoms with Crippen molar-refractivity contribution in [3.05, 3.63) is 26.0 Å². The molecule has 0 aliphatic carbocycles. The van der Waals surface area contributed by atoms with Gasteiger partial charge in [0.05, 0.1) is 0 Å². The molecule has 0 aromatic carbocycles. The van der Waals surface area contributed by atoms with Crippen molar-refractivity contribution >= 4 is 0 Å². The van der Waals surface area contributed by atoms with Gasteiger partial charge in [-0.3, -0.25) is 0 Å². The van der Waals surface area contributed by atoms with Crippen LogP contribution in [0.3, 0.4) is 0 Å². The van der Waals surface area contributed by atoms with Gasteiger partial charge in [0.1, 0.15) is 0 Å². The molecule has 166 valence electrons. The van der Waals surface area contributed by atoms with Gasteiger partial charge >= 0.3 is 0 Å². The van der Waals surface area contributed by atoms with E-state index in [-0.39, 0.29) is 0 Å². The van der Waals surface area contributed by atoms with Gasteiger partial charge in [0.25, 0.3) is 0 Å². The zero-order chi connectivity index (χ0) is 20.4. The minimum Gasteiger partial charge on any atom is -0.0885 e. The molecule has 0 atom stereocenters. The van der Waals surface area contributed by atoms with Gasteiger partial charge in [0, 0.05) is 0 Å². The molecule has 0 bridgehead atoms. The molecule has 0 heteroatoms. The Morgan fingerprint density at radius 2 is 0.607 bits per heavy atom. The van der Waals surface area contributed by atoms with Gasteiger partial charge in [-0.2, -0.15) is 0 Å². The third-order valence-electron chi connectivity index (χ3n) is 5.95. The summed E-state index contributed by atoms with van der Waals surface area (Å²) in [6.07, 6.45) is 38.3. The summed E-state index contributed by atoms with van der Waals surface area (Å²) in [6, 6.07) is 0. The molecule has 0 fully saturated rings. The molecule has 2 radical (unpaired) electrons. The Hall–Kier alpha value is -0.260. The Morgan fingerprint density at radius 3 is 0.893 bits per heavy atom. The number of allylic oxidation sites excluding steroid dienone is 2.